The van der Waals surface area contributed by atoms with E-state index >= 15 is 0 Å². The number of hydrazone groups is 1. The maximum absolute atomic E-state index is 11.6. The zero-order chi connectivity index (χ0) is 15.9. The summed E-state index contributed by atoms with van der Waals surface area (Å²) in [6.07, 6.45) is 1.36. The molecule has 4 N–H and O–H groups in total. The standard InChI is InChI=1S/C15H14ClN3O3/c16-11-2-4-12(5-3-11)17-9-15(22)19-18-8-10-1-6-13(20)14(21)7-10/h1-8,17,20-21H,9H2,(H,19,22). The van der Waals surface area contributed by atoms with Crippen molar-refractivity contribution in [3.8, 4) is 11.5 Å². The maximum Gasteiger partial charge on any atom is 0.259 e. The van der Waals surface area contributed by atoms with Gasteiger partial charge in [-0.2, -0.15) is 5.10 Å². The topological polar surface area (TPSA) is 94.0 Å². The molecule has 2 aromatic rings. The van der Waals surface area contributed by atoms with Gasteiger partial charge in [-0.1, -0.05) is 11.6 Å². The van der Waals surface area contributed by atoms with Crippen LogP contribution in [0.3, 0.4) is 0 Å². The van der Waals surface area contributed by atoms with E-state index in [2.05, 4.69) is 15.8 Å². The zero-order valence-corrected chi connectivity index (χ0v) is 12.2. The molecule has 0 heterocycles. The fourth-order valence-electron chi connectivity index (χ4n) is 1.59. The summed E-state index contributed by atoms with van der Waals surface area (Å²) in [5.41, 5.74) is 3.66. The highest BCUT2D eigenvalue weighted by Crippen LogP contribution is 2.23. The van der Waals surface area contributed by atoms with Crippen molar-refractivity contribution >= 4 is 29.4 Å². The van der Waals surface area contributed by atoms with E-state index in [0.717, 1.165) is 5.69 Å². The second kappa shape index (κ2) is 7.33. The third kappa shape index (κ3) is 4.68. The van der Waals surface area contributed by atoms with E-state index in [9.17, 15) is 15.0 Å². The minimum absolute atomic E-state index is 0.0554. The van der Waals surface area contributed by atoms with Gasteiger partial charge < -0.3 is 15.5 Å². The zero-order valence-electron chi connectivity index (χ0n) is 11.5. The SMILES string of the molecule is O=C(CNc1ccc(Cl)cc1)NN=Cc1ccc(O)c(O)c1. The number of anilines is 1. The van der Waals surface area contributed by atoms with Gasteiger partial charge in [-0.05, 0) is 48.0 Å². The van der Waals surface area contributed by atoms with Gasteiger partial charge in [-0.25, -0.2) is 5.43 Å². The molecule has 2 aromatic carbocycles. The first-order valence-electron chi connectivity index (χ1n) is 6.38. The van der Waals surface area contributed by atoms with Crippen LogP contribution in [0.1, 0.15) is 5.56 Å². The quantitative estimate of drug-likeness (QED) is 0.386. The van der Waals surface area contributed by atoms with Gasteiger partial charge in [-0.15, -0.1) is 0 Å². The number of benzene rings is 2. The van der Waals surface area contributed by atoms with Gasteiger partial charge in [0.25, 0.3) is 5.91 Å². The van der Waals surface area contributed by atoms with Crippen molar-refractivity contribution in [3.05, 3.63) is 53.1 Å². The normalized spacial score (nSPS) is 10.6. The Hall–Kier alpha value is -2.73. The number of carbonyl (C=O) groups excluding carboxylic acids is 1. The first-order chi connectivity index (χ1) is 10.5. The number of halogens is 1. The number of phenols is 2. The molecule has 0 fully saturated rings. The minimum Gasteiger partial charge on any atom is -0.504 e. The fraction of sp³-hybridized carbons (Fsp3) is 0.0667. The van der Waals surface area contributed by atoms with Crippen molar-refractivity contribution in [1.29, 1.82) is 0 Å². The molecule has 1 amide bonds. The molecule has 0 atom stereocenters. The molecule has 7 heteroatoms. The van der Waals surface area contributed by atoms with Crippen LogP contribution >= 0.6 is 11.6 Å². The molecular weight excluding hydrogens is 306 g/mol. The van der Waals surface area contributed by atoms with Crippen LogP contribution in [-0.4, -0.2) is 28.9 Å². The van der Waals surface area contributed by atoms with Crippen LogP contribution in [0.4, 0.5) is 5.69 Å². The fourth-order valence-corrected chi connectivity index (χ4v) is 1.72. The van der Waals surface area contributed by atoms with Crippen LogP contribution in [-0.2, 0) is 4.79 Å². The molecule has 0 aliphatic carbocycles. The van der Waals surface area contributed by atoms with Crippen LogP contribution in [0, 0.1) is 0 Å². The Kier molecular flexibility index (Phi) is 5.21. The average molecular weight is 320 g/mol. The molecule has 0 spiro atoms. The predicted molar refractivity (Wildman–Crippen MR) is 85.5 cm³/mol. The first kappa shape index (κ1) is 15.7. The third-order valence-electron chi connectivity index (χ3n) is 2.70. The van der Waals surface area contributed by atoms with E-state index in [1.54, 1.807) is 30.3 Å². The summed E-state index contributed by atoms with van der Waals surface area (Å²) >= 11 is 5.76. The van der Waals surface area contributed by atoms with Gasteiger partial charge in [-0.3, -0.25) is 4.79 Å². The second-order valence-corrected chi connectivity index (χ2v) is 4.84. The van der Waals surface area contributed by atoms with Gasteiger partial charge >= 0.3 is 0 Å². The van der Waals surface area contributed by atoms with E-state index in [4.69, 9.17) is 11.6 Å². The highest BCUT2D eigenvalue weighted by Gasteiger charge is 2.00. The van der Waals surface area contributed by atoms with Crippen molar-refractivity contribution in [2.45, 2.75) is 0 Å². The maximum atomic E-state index is 11.6. The van der Waals surface area contributed by atoms with Crippen LogP contribution in [0.15, 0.2) is 47.6 Å². The number of nitrogens with one attached hydrogen (secondary N) is 2. The lowest BCUT2D eigenvalue weighted by molar-refractivity contribution is -0.119. The first-order valence-corrected chi connectivity index (χ1v) is 6.76. The van der Waals surface area contributed by atoms with Gasteiger partial charge in [0.15, 0.2) is 11.5 Å². The van der Waals surface area contributed by atoms with E-state index < -0.39 is 0 Å². The summed E-state index contributed by atoms with van der Waals surface area (Å²) in [5, 5.41) is 25.8. The molecule has 0 aliphatic rings. The summed E-state index contributed by atoms with van der Waals surface area (Å²) in [6.45, 7) is 0.0554. The lowest BCUT2D eigenvalue weighted by Crippen LogP contribution is -2.25. The molecule has 0 saturated carbocycles. The Morgan fingerprint density at radius 1 is 1.14 bits per heavy atom. The van der Waals surface area contributed by atoms with E-state index in [1.165, 1.54) is 18.3 Å². The van der Waals surface area contributed by atoms with Crippen molar-refractivity contribution in [2.75, 3.05) is 11.9 Å². The number of carbonyl (C=O) groups is 1. The number of rotatable bonds is 5. The molecule has 2 rings (SSSR count). The molecular formula is C15H14ClN3O3. The molecule has 0 aliphatic heterocycles. The smallest absolute Gasteiger partial charge is 0.259 e. The summed E-state index contributed by atoms with van der Waals surface area (Å²) in [5.74, 6) is -0.790. The Labute approximate surface area is 132 Å². The number of nitrogens with zero attached hydrogens (tertiary/aromatic N) is 1. The van der Waals surface area contributed by atoms with Crippen LogP contribution in [0.2, 0.25) is 5.02 Å². The Bertz CT molecular complexity index is 687. The van der Waals surface area contributed by atoms with Crippen LogP contribution < -0.4 is 10.7 Å². The number of hydrogen-bond acceptors (Lipinski definition) is 5. The summed E-state index contributed by atoms with van der Waals surface area (Å²) in [6, 6.07) is 11.2. The highest BCUT2D eigenvalue weighted by molar-refractivity contribution is 6.30. The molecule has 0 radical (unpaired) electrons. The molecule has 0 bridgehead atoms. The number of phenolic OH excluding ortho intramolecular Hbond substituents is 2. The number of amides is 1. The molecule has 22 heavy (non-hydrogen) atoms. The summed E-state index contributed by atoms with van der Waals surface area (Å²) < 4.78 is 0. The second-order valence-electron chi connectivity index (χ2n) is 4.40. The molecule has 0 unspecified atom stereocenters. The van der Waals surface area contributed by atoms with E-state index in [-0.39, 0.29) is 24.0 Å². The number of aromatic hydroxyl groups is 2. The van der Waals surface area contributed by atoms with Gasteiger partial charge in [0.2, 0.25) is 0 Å². The highest BCUT2D eigenvalue weighted by atomic mass is 35.5. The molecule has 0 aromatic heterocycles. The van der Waals surface area contributed by atoms with Gasteiger partial charge in [0, 0.05) is 10.7 Å². The van der Waals surface area contributed by atoms with Crippen LogP contribution in [0.5, 0.6) is 11.5 Å². The predicted octanol–water partition coefficient (Wildman–Crippen LogP) is 2.31. The van der Waals surface area contributed by atoms with E-state index in [1.807, 2.05) is 0 Å². The summed E-state index contributed by atoms with van der Waals surface area (Å²) in [7, 11) is 0. The largest absolute Gasteiger partial charge is 0.504 e. The number of hydrogen-bond donors (Lipinski definition) is 4. The molecule has 6 nitrogen and oxygen atoms in total. The van der Waals surface area contributed by atoms with Gasteiger partial charge in [0.1, 0.15) is 0 Å². The minimum atomic E-state index is -0.325. The Morgan fingerprint density at radius 3 is 2.55 bits per heavy atom. The lowest BCUT2D eigenvalue weighted by atomic mass is 10.2. The Balaban J connectivity index is 1.80. The third-order valence-corrected chi connectivity index (χ3v) is 2.95. The Morgan fingerprint density at radius 2 is 1.86 bits per heavy atom. The van der Waals surface area contributed by atoms with Crippen LogP contribution in [0.25, 0.3) is 0 Å². The van der Waals surface area contributed by atoms with Crippen molar-refractivity contribution in [2.24, 2.45) is 5.10 Å². The van der Waals surface area contributed by atoms with Crippen molar-refractivity contribution < 1.29 is 15.0 Å². The van der Waals surface area contributed by atoms with E-state index in [0.29, 0.717) is 10.6 Å². The van der Waals surface area contributed by atoms with Crippen molar-refractivity contribution in [1.82, 2.24) is 5.43 Å². The monoisotopic (exact) mass is 319 g/mol. The molecule has 114 valence electrons. The van der Waals surface area contributed by atoms with Gasteiger partial charge in [0.05, 0.1) is 12.8 Å². The summed E-state index contributed by atoms with van der Waals surface area (Å²) in [4.78, 5) is 11.6. The van der Waals surface area contributed by atoms with Crippen molar-refractivity contribution in [3.63, 3.8) is 0 Å². The molecule has 0 saturated heterocycles. The average Bonchev–Trinajstić information content (AvgIpc) is 2.50. The lowest BCUT2D eigenvalue weighted by Gasteiger charge is -2.05.